The molecular weight excluding hydrogens is 338 g/mol. The van der Waals surface area contributed by atoms with Gasteiger partial charge in [-0.1, -0.05) is 12.1 Å². The molecule has 4 rings (SSSR count). The third-order valence-electron chi connectivity index (χ3n) is 5.48. The van der Waals surface area contributed by atoms with Gasteiger partial charge in [0.1, 0.15) is 18.0 Å². The van der Waals surface area contributed by atoms with Crippen molar-refractivity contribution in [3.05, 3.63) is 47.9 Å². The van der Waals surface area contributed by atoms with Gasteiger partial charge in [0.2, 0.25) is 0 Å². The number of hydrogen-bond acceptors (Lipinski definition) is 5. The van der Waals surface area contributed by atoms with Crippen molar-refractivity contribution in [3.63, 3.8) is 0 Å². The van der Waals surface area contributed by atoms with Gasteiger partial charge < -0.3 is 20.3 Å². The number of hydrogen-bond donors (Lipinski definition) is 3. The Hall–Kier alpha value is -2.60. The average molecular weight is 365 g/mol. The molecule has 6 heteroatoms. The molecule has 1 unspecified atom stereocenters. The topological polar surface area (TPSA) is 77.1 Å². The maximum absolute atomic E-state index is 9.64. The molecule has 27 heavy (non-hydrogen) atoms. The maximum Gasteiger partial charge on any atom is 0.134 e. The van der Waals surface area contributed by atoms with E-state index in [0.717, 1.165) is 44.0 Å². The Morgan fingerprint density at radius 1 is 1.30 bits per heavy atom. The van der Waals surface area contributed by atoms with Crippen LogP contribution in [0, 0.1) is 6.92 Å². The third kappa shape index (κ3) is 3.76. The zero-order valence-electron chi connectivity index (χ0n) is 15.8. The second-order valence-electron chi connectivity index (χ2n) is 7.28. The van der Waals surface area contributed by atoms with E-state index in [1.165, 1.54) is 28.5 Å². The highest BCUT2D eigenvalue weighted by Gasteiger charge is 2.23. The number of nitrogens with one attached hydrogen (secondary N) is 2. The van der Waals surface area contributed by atoms with Crippen molar-refractivity contribution in [2.24, 2.45) is 0 Å². The molecule has 6 nitrogen and oxygen atoms in total. The second-order valence-corrected chi connectivity index (χ2v) is 7.28. The molecule has 0 radical (unpaired) electrons. The molecular formula is C21H27N5O. The number of fused-ring (bicyclic) bond motifs is 1. The van der Waals surface area contributed by atoms with Crippen molar-refractivity contribution in [2.75, 3.05) is 29.9 Å². The largest absolute Gasteiger partial charge is 0.394 e. The van der Waals surface area contributed by atoms with E-state index in [9.17, 15) is 5.11 Å². The fourth-order valence-corrected chi connectivity index (χ4v) is 4.07. The number of anilines is 2. The van der Waals surface area contributed by atoms with Crippen molar-refractivity contribution in [1.29, 1.82) is 0 Å². The van der Waals surface area contributed by atoms with Crippen LogP contribution in [0.4, 0.5) is 11.6 Å². The molecule has 3 heterocycles. The summed E-state index contributed by atoms with van der Waals surface area (Å²) in [6, 6.07) is 8.51. The quantitative estimate of drug-likeness (QED) is 0.625. The molecule has 0 spiro atoms. The molecule has 0 saturated carbocycles. The zero-order chi connectivity index (χ0) is 18.6. The van der Waals surface area contributed by atoms with Gasteiger partial charge in [-0.15, -0.1) is 0 Å². The fourth-order valence-electron chi connectivity index (χ4n) is 4.07. The van der Waals surface area contributed by atoms with E-state index in [-0.39, 0.29) is 12.6 Å². The first kappa shape index (κ1) is 17.8. The van der Waals surface area contributed by atoms with Gasteiger partial charge in [0.15, 0.2) is 0 Å². The van der Waals surface area contributed by atoms with Crippen LogP contribution in [0.3, 0.4) is 0 Å². The lowest BCUT2D eigenvalue weighted by Gasteiger charge is -2.35. The van der Waals surface area contributed by atoms with E-state index in [4.69, 9.17) is 0 Å². The third-order valence-corrected chi connectivity index (χ3v) is 5.48. The van der Waals surface area contributed by atoms with E-state index >= 15 is 0 Å². The van der Waals surface area contributed by atoms with Crippen molar-refractivity contribution < 1.29 is 5.11 Å². The van der Waals surface area contributed by atoms with E-state index in [1.54, 1.807) is 6.33 Å². The van der Waals surface area contributed by atoms with Crippen molar-refractivity contribution in [1.82, 2.24) is 15.0 Å². The molecule has 1 saturated heterocycles. The standard InChI is InChI=1S/C21H27N5O/c1-15-5-4-7-18-21(15)16(12-23-18)8-9-22-19-11-20(25-14-24-19)26-10-3-2-6-17(26)13-27/h4-5,7,11-12,14,17,23,27H,2-3,6,8-10,13H2,1H3,(H,22,24,25). The molecule has 142 valence electrons. The summed E-state index contributed by atoms with van der Waals surface area (Å²) >= 11 is 0. The van der Waals surface area contributed by atoms with Crippen LogP contribution in [0.25, 0.3) is 10.9 Å². The number of aromatic amines is 1. The van der Waals surface area contributed by atoms with Crippen LogP contribution in [-0.4, -0.2) is 45.8 Å². The van der Waals surface area contributed by atoms with Gasteiger partial charge in [-0.25, -0.2) is 9.97 Å². The summed E-state index contributed by atoms with van der Waals surface area (Å²) in [4.78, 5) is 14.4. The van der Waals surface area contributed by atoms with Crippen LogP contribution >= 0.6 is 0 Å². The number of aromatic nitrogens is 3. The summed E-state index contributed by atoms with van der Waals surface area (Å²) in [5, 5.41) is 14.4. The monoisotopic (exact) mass is 365 g/mol. The van der Waals surface area contributed by atoms with E-state index in [2.05, 4.69) is 56.5 Å². The van der Waals surface area contributed by atoms with Crippen LogP contribution in [0.2, 0.25) is 0 Å². The lowest BCUT2D eigenvalue weighted by Crippen LogP contribution is -2.42. The van der Waals surface area contributed by atoms with Crippen molar-refractivity contribution in [3.8, 4) is 0 Å². The number of rotatable bonds is 6. The van der Waals surface area contributed by atoms with Crippen LogP contribution in [0.5, 0.6) is 0 Å². The minimum absolute atomic E-state index is 0.163. The first-order chi connectivity index (χ1) is 13.3. The van der Waals surface area contributed by atoms with Gasteiger partial charge in [-0.2, -0.15) is 0 Å². The minimum Gasteiger partial charge on any atom is -0.394 e. The Morgan fingerprint density at radius 3 is 3.11 bits per heavy atom. The zero-order valence-corrected chi connectivity index (χ0v) is 15.8. The van der Waals surface area contributed by atoms with Crippen LogP contribution in [-0.2, 0) is 6.42 Å². The number of aliphatic hydroxyl groups excluding tert-OH is 1. The second kappa shape index (κ2) is 7.96. The predicted molar refractivity (Wildman–Crippen MR) is 109 cm³/mol. The van der Waals surface area contributed by atoms with Gasteiger partial charge in [-0.3, -0.25) is 0 Å². The van der Waals surface area contributed by atoms with Gasteiger partial charge >= 0.3 is 0 Å². The molecule has 0 aliphatic carbocycles. The minimum atomic E-state index is 0.163. The number of nitrogens with zero attached hydrogens (tertiary/aromatic N) is 3. The molecule has 0 amide bonds. The van der Waals surface area contributed by atoms with Crippen molar-refractivity contribution in [2.45, 2.75) is 38.6 Å². The highest BCUT2D eigenvalue weighted by atomic mass is 16.3. The highest BCUT2D eigenvalue weighted by molar-refractivity contribution is 5.86. The van der Waals surface area contributed by atoms with E-state index < -0.39 is 0 Å². The lowest BCUT2D eigenvalue weighted by molar-refractivity contribution is 0.239. The molecule has 1 aliphatic rings. The molecule has 3 N–H and O–H groups in total. The van der Waals surface area contributed by atoms with E-state index in [0.29, 0.717) is 0 Å². The Morgan fingerprint density at radius 2 is 2.22 bits per heavy atom. The highest BCUT2D eigenvalue weighted by Crippen LogP contribution is 2.25. The summed E-state index contributed by atoms with van der Waals surface area (Å²) in [7, 11) is 0. The summed E-state index contributed by atoms with van der Waals surface area (Å²) in [6.07, 6.45) is 7.96. The molecule has 2 aromatic heterocycles. The molecule has 3 aromatic rings. The van der Waals surface area contributed by atoms with Crippen LogP contribution < -0.4 is 10.2 Å². The summed E-state index contributed by atoms with van der Waals surface area (Å²) in [5.41, 5.74) is 3.81. The summed E-state index contributed by atoms with van der Waals surface area (Å²) in [5.74, 6) is 1.73. The van der Waals surface area contributed by atoms with E-state index in [1.807, 2.05) is 6.07 Å². The first-order valence-electron chi connectivity index (χ1n) is 9.75. The Balaban J connectivity index is 1.43. The van der Waals surface area contributed by atoms with Gasteiger partial charge in [-0.05, 0) is 49.8 Å². The van der Waals surface area contributed by atoms with Crippen LogP contribution in [0.15, 0.2) is 36.8 Å². The van der Waals surface area contributed by atoms with Gasteiger partial charge in [0.05, 0.1) is 12.6 Å². The molecule has 1 aliphatic heterocycles. The Labute approximate surface area is 159 Å². The number of benzene rings is 1. The number of aliphatic hydroxyl groups is 1. The molecule has 1 aromatic carbocycles. The molecule has 1 atom stereocenters. The normalized spacial score (nSPS) is 17.4. The number of H-pyrrole nitrogens is 1. The number of piperidine rings is 1. The Bertz CT molecular complexity index is 906. The molecule has 1 fully saturated rings. The molecule has 0 bridgehead atoms. The number of aryl methyl sites for hydroxylation is 1. The van der Waals surface area contributed by atoms with Gasteiger partial charge in [0, 0.05) is 36.3 Å². The van der Waals surface area contributed by atoms with Crippen molar-refractivity contribution >= 4 is 22.5 Å². The summed E-state index contributed by atoms with van der Waals surface area (Å²) in [6.45, 7) is 4.07. The Kier molecular flexibility index (Phi) is 5.25. The SMILES string of the molecule is Cc1cccc2[nH]cc(CCNc3cc(N4CCCCC4CO)ncn3)c12. The average Bonchev–Trinajstić information content (AvgIpc) is 3.13. The predicted octanol–water partition coefficient (Wildman–Crippen LogP) is 3.27. The lowest BCUT2D eigenvalue weighted by atomic mass is 10.0. The summed E-state index contributed by atoms with van der Waals surface area (Å²) < 4.78 is 0. The smallest absolute Gasteiger partial charge is 0.134 e. The maximum atomic E-state index is 9.64. The van der Waals surface area contributed by atoms with Gasteiger partial charge in [0.25, 0.3) is 0 Å². The first-order valence-corrected chi connectivity index (χ1v) is 9.75. The fraction of sp³-hybridized carbons (Fsp3) is 0.429. The van der Waals surface area contributed by atoms with Crippen LogP contribution in [0.1, 0.15) is 30.4 Å².